The third-order valence-corrected chi connectivity index (χ3v) is 5.54. The first-order chi connectivity index (χ1) is 16.0. The highest BCUT2D eigenvalue weighted by Crippen LogP contribution is 2.30. The Labute approximate surface area is 194 Å². The number of methoxy groups -OCH3 is 1. The molecule has 5 rings (SSSR count). The zero-order chi connectivity index (χ0) is 22.9. The van der Waals surface area contributed by atoms with E-state index in [9.17, 15) is 4.79 Å². The molecule has 0 aliphatic heterocycles. The van der Waals surface area contributed by atoms with E-state index < -0.39 is 0 Å². The Hall–Kier alpha value is -4.03. The number of nitrogens with zero attached hydrogens (tertiary/aromatic N) is 1. The highest BCUT2D eigenvalue weighted by atomic mass is 35.5. The number of benzene rings is 3. The van der Waals surface area contributed by atoms with Gasteiger partial charge in [0.2, 0.25) is 5.89 Å². The molecule has 0 spiro atoms. The van der Waals surface area contributed by atoms with E-state index in [-0.39, 0.29) is 11.7 Å². The molecule has 5 aromatic rings. The Kier molecular flexibility index (Phi) is 5.36. The van der Waals surface area contributed by atoms with Crippen LogP contribution in [0, 0.1) is 6.92 Å². The summed E-state index contributed by atoms with van der Waals surface area (Å²) < 4.78 is 16.9. The van der Waals surface area contributed by atoms with Crippen LogP contribution in [0.5, 0.6) is 5.75 Å². The maximum atomic E-state index is 12.8. The lowest BCUT2D eigenvalue weighted by Crippen LogP contribution is -2.11. The number of hydrogen-bond donors (Lipinski definition) is 1. The summed E-state index contributed by atoms with van der Waals surface area (Å²) in [5.74, 6) is 1.60. The number of rotatable bonds is 5. The molecule has 2 heterocycles. The molecule has 0 radical (unpaired) electrons. The van der Waals surface area contributed by atoms with Gasteiger partial charge in [-0.3, -0.25) is 4.79 Å². The summed E-state index contributed by atoms with van der Waals surface area (Å²) in [5.41, 5.74) is 4.47. The normalized spacial score (nSPS) is 11.0. The second kappa shape index (κ2) is 8.48. The highest BCUT2D eigenvalue weighted by molar-refractivity contribution is 6.30. The number of hydrogen-bond acceptors (Lipinski definition) is 5. The summed E-state index contributed by atoms with van der Waals surface area (Å²) >= 11 is 5.94. The van der Waals surface area contributed by atoms with Gasteiger partial charge in [0.1, 0.15) is 17.0 Å². The Morgan fingerprint density at radius 1 is 0.939 bits per heavy atom. The average molecular weight is 459 g/mol. The molecule has 164 valence electrons. The van der Waals surface area contributed by atoms with E-state index >= 15 is 0 Å². The molecule has 0 aliphatic carbocycles. The average Bonchev–Trinajstić information content (AvgIpc) is 3.48. The second-order valence-corrected chi connectivity index (χ2v) is 7.94. The number of aromatic nitrogens is 1. The van der Waals surface area contributed by atoms with Crippen LogP contribution >= 0.6 is 11.6 Å². The van der Waals surface area contributed by atoms with Crippen molar-refractivity contribution in [3.8, 4) is 28.5 Å². The van der Waals surface area contributed by atoms with Gasteiger partial charge in [-0.25, -0.2) is 4.98 Å². The molecule has 1 amide bonds. The number of fused-ring (bicyclic) bond motifs is 1. The molecule has 0 unspecified atom stereocenters. The van der Waals surface area contributed by atoms with Crippen molar-refractivity contribution < 1.29 is 18.4 Å². The monoisotopic (exact) mass is 458 g/mol. The number of furan rings is 1. The molecule has 2 aromatic heterocycles. The molecule has 6 nitrogen and oxygen atoms in total. The number of anilines is 1. The molecular weight excluding hydrogens is 440 g/mol. The minimum atomic E-state index is -0.349. The van der Waals surface area contributed by atoms with Crippen molar-refractivity contribution in [2.75, 3.05) is 12.4 Å². The SMILES string of the molecule is COc1ccc2oc(-c3ccc(C)c(NC(=O)c4ccc(-c5ccc(Cl)cc5)o4)c3)nc2c1. The maximum absolute atomic E-state index is 12.8. The van der Waals surface area contributed by atoms with Crippen LogP contribution < -0.4 is 10.1 Å². The van der Waals surface area contributed by atoms with E-state index in [0.29, 0.717) is 39.2 Å². The first kappa shape index (κ1) is 20.8. The van der Waals surface area contributed by atoms with Gasteiger partial charge < -0.3 is 18.9 Å². The molecule has 3 aromatic carbocycles. The summed E-state index contributed by atoms with van der Waals surface area (Å²) in [6.45, 7) is 1.91. The quantitative estimate of drug-likeness (QED) is 0.307. The van der Waals surface area contributed by atoms with Crippen LogP contribution in [-0.4, -0.2) is 18.0 Å². The molecule has 1 N–H and O–H groups in total. The lowest BCUT2D eigenvalue weighted by atomic mass is 10.1. The topological polar surface area (TPSA) is 77.5 Å². The van der Waals surface area contributed by atoms with Gasteiger partial charge in [-0.1, -0.05) is 17.7 Å². The molecule has 0 saturated carbocycles. The summed E-state index contributed by atoms with van der Waals surface area (Å²) in [5, 5.41) is 3.56. The van der Waals surface area contributed by atoms with Crippen LogP contribution in [0.15, 0.2) is 81.6 Å². The van der Waals surface area contributed by atoms with Crippen molar-refractivity contribution >= 4 is 34.3 Å². The number of amides is 1. The minimum Gasteiger partial charge on any atom is -0.497 e. The third-order valence-electron chi connectivity index (χ3n) is 5.29. The number of ether oxygens (including phenoxy) is 1. The van der Waals surface area contributed by atoms with Crippen molar-refractivity contribution in [1.29, 1.82) is 0 Å². The smallest absolute Gasteiger partial charge is 0.291 e. The van der Waals surface area contributed by atoms with Crippen molar-refractivity contribution in [3.63, 3.8) is 0 Å². The van der Waals surface area contributed by atoms with Crippen molar-refractivity contribution in [2.45, 2.75) is 6.92 Å². The van der Waals surface area contributed by atoms with E-state index in [0.717, 1.165) is 16.7 Å². The summed E-state index contributed by atoms with van der Waals surface area (Å²) in [6.07, 6.45) is 0. The largest absolute Gasteiger partial charge is 0.497 e. The van der Waals surface area contributed by atoms with Crippen molar-refractivity contribution in [1.82, 2.24) is 4.98 Å². The molecule has 7 heteroatoms. The van der Waals surface area contributed by atoms with E-state index in [1.54, 1.807) is 31.4 Å². The van der Waals surface area contributed by atoms with Crippen LogP contribution in [0.1, 0.15) is 16.1 Å². The lowest BCUT2D eigenvalue weighted by Gasteiger charge is -2.08. The lowest BCUT2D eigenvalue weighted by molar-refractivity contribution is 0.0997. The van der Waals surface area contributed by atoms with Gasteiger partial charge >= 0.3 is 0 Å². The molecular formula is C26H19ClN2O4. The van der Waals surface area contributed by atoms with Crippen LogP contribution in [0.25, 0.3) is 33.9 Å². The Morgan fingerprint density at radius 3 is 2.52 bits per heavy atom. The number of oxazole rings is 1. The van der Waals surface area contributed by atoms with Gasteiger partial charge in [0.05, 0.1) is 7.11 Å². The standard InChI is InChI=1S/C26H19ClN2O4/c1-15-3-4-17(26-29-21-14-19(31-2)9-10-23(21)33-26)13-20(15)28-25(30)24-12-11-22(32-24)16-5-7-18(27)8-6-16/h3-14H,1-2H3,(H,28,30). The van der Waals surface area contributed by atoms with Gasteiger partial charge in [0, 0.05) is 27.9 Å². The first-order valence-electron chi connectivity index (χ1n) is 10.2. The molecule has 0 atom stereocenters. The van der Waals surface area contributed by atoms with E-state index in [1.165, 1.54) is 0 Å². The van der Waals surface area contributed by atoms with E-state index in [1.807, 2.05) is 55.5 Å². The number of aryl methyl sites for hydroxylation is 1. The van der Waals surface area contributed by atoms with Gasteiger partial charge in [0.25, 0.3) is 5.91 Å². The zero-order valence-corrected chi connectivity index (χ0v) is 18.6. The fourth-order valence-electron chi connectivity index (χ4n) is 3.46. The van der Waals surface area contributed by atoms with E-state index in [4.69, 9.17) is 25.2 Å². The van der Waals surface area contributed by atoms with E-state index in [2.05, 4.69) is 10.3 Å². The van der Waals surface area contributed by atoms with Gasteiger partial charge in [-0.05, 0) is 73.2 Å². The molecule has 0 aliphatic rings. The molecule has 0 saturated heterocycles. The van der Waals surface area contributed by atoms with Crippen LogP contribution in [-0.2, 0) is 0 Å². The fraction of sp³-hybridized carbons (Fsp3) is 0.0769. The predicted molar refractivity (Wildman–Crippen MR) is 128 cm³/mol. The minimum absolute atomic E-state index is 0.207. The fourth-order valence-corrected chi connectivity index (χ4v) is 3.59. The Morgan fingerprint density at radius 2 is 1.73 bits per heavy atom. The summed E-state index contributed by atoms with van der Waals surface area (Å²) in [7, 11) is 1.61. The summed E-state index contributed by atoms with van der Waals surface area (Å²) in [4.78, 5) is 17.4. The molecule has 0 bridgehead atoms. The third kappa shape index (κ3) is 4.21. The zero-order valence-electron chi connectivity index (χ0n) is 17.9. The second-order valence-electron chi connectivity index (χ2n) is 7.51. The summed E-state index contributed by atoms with van der Waals surface area (Å²) in [6, 6.07) is 21.7. The number of nitrogens with one attached hydrogen (secondary N) is 1. The number of carbonyl (C=O) groups is 1. The maximum Gasteiger partial charge on any atom is 0.291 e. The first-order valence-corrected chi connectivity index (χ1v) is 10.6. The molecule has 0 fully saturated rings. The van der Waals surface area contributed by atoms with Crippen LogP contribution in [0.2, 0.25) is 5.02 Å². The van der Waals surface area contributed by atoms with Crippen molar-refractivity contribution in [3.05, 3.63) is 89.1 Å². The predicted octanol–water partition coefficient (Wildman–Crippen LogP) is 6.98. The number of carbonyl (C=O) groups excluding carboxylic acids is 1. The highest BCUT2D eigenvalue weighted by Gasteiger charge is 2.16. The van der Waals surface area contributed by atoms with Gasteiger partial charge in [-0.15, -0.1) is 0 Å². The van der Waals surface area contributed by atoms with Crippen LogP contribution in [0.3, 0.4) is 0 Å². The molecule has 33 heavy (non-hydrogen) atoms. The number of halogens is 1. The Balaban J connectivity index is 1.40. The Bertz CT molecular complexity index is 1470. The van der Waals surface area contributed by atoms with Gasteiger partial charge in [0.15, 0.2) is 11.3 Å². The van der Waals surface area contributed by atoms with Gasteiger partial charge in [-0.2, -0.15) is 0 Å². The van der Waals surface area contributed by atoms with Crippen molar-refractivity contribution in [2.24, 2.45) is 0 Å². The van der Waals surface area contributed by atoms with Crippen LogP contribution in [0.4, 0.5) is 5.69 Å².